The minimum atomic E-state index is -0.379. The number of thiazole rings is 1. The molecular formula is C21H21N3O5S. The maximum Gasteiger partial charge on any atom is 0.251 e. The van der Waals surface area contributed by atoms with Crippen LogP contribution >= 0.6 is 11.3 Å². The van der Waals surface area contributed by atoms with E-state index >= 15 is 0 Å². The number of amides is 2. The van der Waals surface area contributed by atoms with Crippen LogP contribution in [0.5, 0.6) is 17.2 Å². The number of nitrogens with zero attached hydrogens (tertiary/aromatic N) is 1. The summed E-state index contributed by atoms with van der Waals surface area (Å²) in [4.78, 5) is 28.8. The van der Waals surface area contributed by atoms with E-state index in [-0.39, 0.29) is 18.4 Å². The van der Waals surface area contributed by atoms with Crippen LogP contribution in [0.25, 0.3) is 11.3 Å². The summed E-state index contributed by atoms with van der Waals surface area (Å²) in [6.07, 6.45) is 0. The van der Waals surface area contributed by atoms with Crippen molar-refractivity contribution < 1.29 is 23.8 Å². The Labute approximate surface area is 177 Å². The van der Waals surface area contributed by atoms with Gasteiger partial charge in [-0.25, -0.2) is 4.98 Å². The van der Waals surface area contributed by atoms with E-state index in [0.717, 1.165) is 5.56 Å². The van der Waals surface area contributed by atoms with E-state index in [4.69, 9.17) is 14.2 Å². The Morgan fingerprint density at radius 2 is 1.67 bits per heavy atom. The van der Waals surface area contributed by atoms with Gasteiger partial charge in [0.15, 0.2) is 5.13 Å². The number of anilines is 1. The van der Waals surface area contributed by atoms with Crippen molar-refractivity contribution in [3.63, 3.8) is 0 Å². The van der Waals surface area contributed by atoms with Crippen LogP contribution in [0, 0.1) is 0 Å². The molecule has 2 aromatic carbocycles. The molecule has 0 radical (unpaired) electrons. The summed E-state index contributed by atoms with van der Waals surface area (Å²) in [5.41, 5.74) is 1.83. The molecule has 1 aromatic heterocycles. The van der Waals surface area contributed by atoms with Crippen molar-refractivity contribution in [3.8, 4) is 28.5 Å². The smallest absolute Gasteiger partial charge is 0.251 e. The zero-order chi connectivity index (χ0) is 21.5. The fraction of sp³-hybridized carbons (Fsp3) is 0.190. The molecule has 0 aliphatic heterocycles. The predicted octanol–water partition coefficient (Wildman–Crippen LogP) is 3.20. The topological polar surface area (TPSA) is 98.8 Å². The maximum atomic E-state index is 12.2. The van der Waals surface area contributed by atoms with E-state index in [1.54, 1.807) is 57.7 Å². The molecule has 9 heteroatoms. The van der Waals surface area contributed by atoms with Gasteiger partial charge in [0.05, 0.1) is 33.6 Å². The van der Waals surface area contributed by atoms with Gasteiger partial charge in [0.25, 0.3) is 5.91 Å². The second-order valence-electron chi connectivity index (χ2n) is 6.06. The number of hydrogen-bond donors (Lipinski definition) is 2. The van der Waals surface area contributed by atoms with E-state index < -0.39 is 0 Å². The fourth-order valence-electron chi connectivity index (χ4n) is 2.64. The Kier molecular flexibility index (Phi) is 6.87. The zero-order valence-electron chi connectivity index (χ0n) is 16.7. The highest BCUT2D eigenvalue weighted by Crippen LogP contribution is 2.34. The van der Waals surface area contributed by atoms with E-state index in [9.17, 15) is 9.59 Å². The Bertz CT molecular complexity index is 1030. The molecule has 0 unspecified atom stereocenters. The van der Waals surface area contributed by atoms with Gasteiger partial charge in [0, 0.05) is 16.5 Å². The van der Waals surface area contributed by atoms with Crippen LogP contribution in [0.2, 0.25) is 0 Å². The first kappa shape index (κ1) is 21.1. The summed E-state index contributed by atoms with van der Waals surface area (Å²) in [5, 5.41) is 7.49. The number of aromatic nitrogens is 1. The largest absolute Gasteiger partial charge is 0.497 e. The van der Waals surface area contributed by atoms with E-state index in [1.807, 2.05) is 11.4 Å². The average molecular weight is 427 g/mol. The molecule has 0 aliphatic carbocycles. The monoisotopic (exact) mass is 427 g/mol. The summed E-state index contributed by atoms with van der Waals surface area (Å²) >= 11 is 1.27. The molecule has 0 aliphatic rings. The first-order valence-corrected chi connectivity index (χ1v) is 9.82. The third-order valence-corrected chi connectivity index (χ3v) is 4.95. The highest BCUT2D eigenvalue weighted by atomic mass is 32.1. The van der Waals surface area contributed by atoms with Crippen molar-refractivity contribution in [3.05, 3.63) is 53.4 Å². The average Bonchev–Trinajstić information content (AvgIpc) is 3.25. The first-order chi connectivity index (χ1) is 14.5. The molecular weight excluding hydrogens is 406 g/mol. The Balaban J connectivity index is 1.60. The molecule has 30 heavy (non-hydrogen) atoms. The number of nitrogens with one attached hydrogen (secondary N) is 2. The molecule has 8 nitrogen and oxygen atoms in total. The third kappa shape index (κ3) is 5.06. The van der Waals surface area contributed by atoms with E-state index in [1.165, 1.54) is 11.3 Å². The lowest BCUT2D eigenvalue weighted by Crippen LogP contribution is -2.32. The molecule has 0 atom stereocenters. The van der Waals surface area contributed by atoms with Gasteiger partial charge in [-0.3, -0.25) is 9.59 Å². The number of carbonyl (C=O) groups excluding carboxylic acids is 2. The second-order valence-corrected chi connectivity index (χ2v) is 6.92. The highest BCUT2D eigenvalue weighted by molar-refractivity contribution is 7.14. The highest BCUT2D eigenvalue weighted by Gasteiger charge is 2.14. The predicted molar refractivity (Wildman–Crippen MR) is 115 cm³/mol. The lowest BCUT2D eigenvalue weighted by molar-refractivity contribution is -0.115. The molecule has 0 spiro atoms. The van der Waals surface area contributed by atoms with Crippen LogP contribution in [-0.2, 0) is 4.79 Å². The summed E-state index contributed by atoms with van der Waals surface area (Å²) < 4.78 is 15.7. The van der Waals surface area contributed by atoms with Crippen LogP contribution in [0.3, 0.4) is 0 Å². The van der Waals surface area contributed by atoms with E-state index in [2.05, 4.69) is 15.6 Å². The van der Waals surface area contributed by atoms with Crippen molar-refractivity contribution in [1.82, 2.24) is 10.3 Å². The minimum absolute atomic E-state index is 0.178. The first-order valence-electron chi connectivity index (χ1n) is 8.94. The molecule has 2 amide bonds. The lowest BCUT2D eigenvalue weighted by Gasteiger charge is -2.08. The molecule has 3 rings (SSSR count). The number of carbonyl (C=O) groups is 2. The maximum absolute atomic E-state index is 12.2. The summed E-state index contributed by atoms with van der Waals surface area (Å²) in [5.74, 6) is 1.23. The number of ether oxygens (including phenoxy) is 3. The molecule has 0 fully saturated rings. The quantitative estimate of drug-likeness (QED) is 0.573. The standard InChI is InChI=1S/C21H21N3O5S/c1-27-14-6-4-13(5-7-14)20(26)22-11-19(25)24-21-23-17(12-30-21)16-10-15(28-2)8-9-18(16)29-3/h4-10,12H,11H2,1-3H3,(H,22,26)(H,23,24,25). The Hall–Kier alpha value is -3.59. The fourth-order valence-corrected chi connectivity index (χ4v) is 3.36. The Morgan fingerprint density at radius 3 is 2.33 bits per heavy atom. The van der Waals surface area contributed by atoms with Crippen molar-refractivity contribution >= 4 is 28.3 Å². The number of hydrogen-bond acceptors (Lipinski definition) is 7. The summed E-state index contributed by atoms with van der Waals surface area (Å²) in [6, 6.07) is 12.0. The normalized spacial score (nSPS) is 10.2. The summed E-state index contributed by atoms with van der Waals surface area (Å²) in [7, 11) is 4.71. The van der Waals surface area contributed by atoms with Crippen molar-refractivity contribution in [2.24, 2.45) is 0 Å². The van der Waals surface area contributed by atoms with Gasteiger partial charge in [-0.05, 0) is 42.5 Å². The number of benzene rings is 2. The van der Waals surface area contributed by atoms with Gasteiger partial charge in [-0.1, -0.05) is 0 Å². The molecule has 0 saturated carbocycles. The number of rotatable bonds is 8. The second kappa shape index (κ2) is 9.75. The van der Waals surface area contributed by atoms with Crippen LogP contribution in [0.4, 0.5) is 5.13 Å². The van der Waals surface area contributed by atoms with Gasteiger partial charge < -0.3 is 24.8 Å². The van der Waals surface area contributed by atoms with Crippen molar-refractivity contribution in [1.29, 1.82) is 0 Å². The molecule has 2 N–H and O–H groups in total. The van der Waals surface area contributed by atoms with Crippen LogP contribution in [-0.4, -0.2) is 44.7 Å². The molecule has 3 aromatic rings. The van der Waals surface area contributed by atoms with Crippen molar-refractivity contribution in [2.75, 3.05) is 33.2 Å². The van der Waals surface area contributed by atoms with Gasteiger partial charge in [-0.2, -0.15) is 0 Å². The molecule has 0 bridgehead atoms. The lowest BCUT2D eigenvalue weighted by atomic mass is 10.1. The third-order valence-electron chi connectivity index (χ3n) is 4.19. The van der Waals surface area contributed by atoms with Gasteiger partial charge in [-0.15, -0.1) is 11.3 Å². The number of methoxy groups -OCH3 is 3. The molecule has 156 valence electrons. The molecule has 0 saturated heterocycles. The van der Waals surface area contributed by atoms with Gasteiger partial charge in [0.2, 0.25) is 5.91 Å². The molecule has 1 heterocycles. The van der Waals surface area contributed by atoms with Gasteiger partial charge >= 0.3 is 0 Å². The Morgan fingerprint density at radius 1 is 0.967 bits per heavy atom. The van der Waals surface area contributed by atoms with Crippen LogP contribution < -0.4 is 24.8 Å². The van der Waals surface area contributed by atoms with Crippen LogP contribution in [0.15, 0.2) is 47.8 Å². The van der Waals surface area contributed by atoms with Crippen LogP contribution in [0.1, 0.15) is 10.4 Å². The van der Waals surface area contributed by atoms with Gasteiger partial charge in [0.1, 0.15) is 17.2 Å². The SMILES string of the molecule is COc1ccc(C(=O)NCC(=O)Nc2nc(-c3cc(OC)ccc3OC)cs2)cc1. The van der Waals surface area contributed by atoms with Crippen molar-refractivity contribution in [2.45, 2.75) is 0 Å². The summed E-state index contributed by atoms with van der Waals surface area (Å²) in [6.45, 7) is -0.178. The minimum Gasteiger partial charge on any atom is -0.497 e. The zero-order valence-corrected chi connectivity index (χ0v) is 17.5. The van der Waals surface area contributed by atoms with E-state index in [0.29, 0.717) is 33.6 Å².